The summed E-state index contributed by atoms with van der Waals surface area (Å²) in [5.41, 5.74) is 9.49. The van der Waals surface area contributed by atoms with E-state index in [2.05, 4.69) is 10.6 Å². The first kappa shape index (κ1) is 30.8. The average Bonchev–Trinajstić information content (AvgIpc) is 3.01. The van der Waals surface area contributed by atoms with Crippen LogP contribution < -0.4 is 21.1 Å². The Balaban J connectivity index is 1.48. The highest BCUT2D eigenvalue weighted by Gasteiger charge is 2.22. The fourth-order valence-electron chi connectivity index (χ4n) is 4.47. The molecule has 4 aromatic rings. The summed E-state index contributed by atoms with van der Waals surface area (Å²) in [5.74, 6) is -1.74. The molecule has 4 rings (SSSR count). The molecular weight excluding hydrogens is 546 g/mol. The minimum Gasteiger partial charge on any atom is -0.508 e. The number of carboxylic acid groups (broad SMARTS) is 1. The molecule has 0 bridgehead atoms. The minimum atomic E-state index is -1.13. The number of rotatable bonds is 14. The highest BCUT2D eigenvalue weighted by atomic mass is 16.5. The van der Waals surface area contributed by atoms with Gasteiger partial charge in [-0.1, -0.05) is 72.8 Å². The third-order valence-corrected chi connectivity index (χ3v) is 6.89. The van der Waals surface area contributed by atoms with Gasteiger partial charge < -0.3 is 31.3 Å². The van der Waals surface area contributed by atoms with Gasteiger partial charge in [0.05, 0.1) is 18.3 Å². The van der Waals surface area contributed by atoms with Gasteiger partial charge in [-0.3, -0.25) is 9.59 Å². The van der Waals surface area contributed by atoms with Crippen molar-refractivity contribution in [3.63, 3.8) is 0 Å². The number of phenols is 1. The Labute approximate surface area is 250 Å². The molecule has 0 spiro atoms. The Kier molecular flexibility index (Phi) is 10.9. The molecule has 0 fully saturated rings. The Morgan fingerprint density at radius 2 is 1.42 bits per heavy atom. The number of benzene rings is 4. The summed E-state index contributed by atoms with van der Waals surface area (Å²) in [4.78, 5) is 38.0. The van der Waals surface area contributed by atoms with E-state index in [1.54, 1.807) is 24.3 Å². The van der Waals surface area contributed by atoms with Crippen LogP contribution in [0.3, 0.4) is 0 Å². The SMILES string of the molecule is NC(Cc1ccccc1)C(=O)Nc1ccc(C(=O)N[C@@H](CCc2ccccc2)C(=O)O)cc1OCCc1ccc(O)cc1. The van der Waals surface area contributed by atoms with Crippen LogP contribution in [0.2, 0.25) is 0 Å². The van der Waals surface area contributed by atoms with Crippen LogP contribution in [0.4, 0.5) is 5.69 Å². The topological polar surface area (TPSA) is 151 Å². The second kappa shape index (κ2) is 15.2. The number of carbonyl (C=O) groups is 3. The van der Waals surface area contributed by atoms with Crippen molar-refractivity contribution in [2.75, 3.05) is 11.9 Å². The molecule has 4 aromatic carbocycles. The van der Waals surface area contributed by atoms with Gasteiger partial charge in [0.1, 0.15) is 17.5 Å². The number of aromatic hydroxyl groups is 1. The maximum absolute atomic E-state index is 13.1. The molecule has 0 aromatic heterocycles. The van der Waals surface area contributed by atoms with Crippen LogP contribution in [0.15, 0.2) is 103 Å². The normalized spacial score (nSPS) is 12.1. The number of amides is 2. The zero-order chi connectivity index (χ0) is 30.6. The summed E-state index contributed by atoms with van der Waals surface area (Å²) < 4.78 is 6.00. The summed E-state index contributed by atoms with van der Waals surface area (Å²) in [7, 11) is 0. The third-order valence-electron chi connectivity index (χ3n) is 6.89. The lowest BCUT2D eigenvalue weighted by Crippen LogP contribution is -2.41. The number of hydrogen-bond acceptors (Lipinski definition) is 6. The fraction of sp³-hybridized carbons (Fsp3) is 0.206. The van der Waals surface area contributed by atoms with Crippen LogP contribution in [0.1, 0.15) is 33.5 Å². The van der Waals surface area contributed by atoms with E-state index in [1.165, 1.54) is 18.2 Å². The van der Waals surface area contributed by atoms with Gasteiger partial charge in [0.15, 0.2) is 0 Å². The van der Waals surface area contributed by atoms with E-state index in [9.17, 15) is 24.6 Å². The average molecular weight is 582 g/mol. The van der Waals surface area contributed by atoms with E-state index in [4.69, 9.17) is 10.5 Å². The van der Waals surface area contributed by atoms with Crippen molar-refractivity contribution < 1.29 is 29.3 Å². The van der Waals surface area contributed by atoms with E-state index in [0.29, 0.717) is 24.9 Å². The van der Waals surface area contributed by atoms with Crippen molar-refractivity contribution in [1.82, 2.24) is 5.32 Å². The second-order valence-electron chi connectivity index (χ2n) is 10.1. The lowest BCUT2D eigenvalue weighted by Gasteiger charge is -2.18. The molecule has 43 heavy (non-hydrogen) atoms. The van der Waals surface area contributed by atoms with Crippen LogP contribution in [0.5, 0.6) is 11.5 Å². The number of carboxylic acids is 1. The number of ether oxygens (including phenoxy) is 1. The van der Waals surface area contributed by atoms with Crippen molar-refractivity contribution >= 4 is 23.5 Å². The van der Waals surface area contributed by atoms with Crippen LogP contribution in [0.25, 0.3) is 0 Å². The molecule has 9 nitrogen and oxygen atoms in total. The molecule has 1 unspecified atom stereocenters. The summed E-state index contributed by atoms with van der Waals surface area (Å²) >= 11 is 0. The van der Waals surface area contributed by atoms with Crippen LogP contribution in [-0.2, 0) is 28.9 Å². The summed E-state index contributed by atoms with van der Waals surface area (Å²) in [6.07, 6.45) is 1.54. The second-order valence-corrected chi connectivity index (χ2v) is 10.1. The van der Waals surface area contributed by atoms with Gasteiger partial charge in [-0.15, -0.1) is 0 Å². The molecule has 0 heterocycles. The van der Waals surface area contributed by atoms with Gasteiger partial charge in [0.2, 0.25) is 5.91 Å². The van der Waals surface area contributed by atoms with E-state index in [1.807, 2.05) is 60.7 Å². The predicted octanol–water partition coefficient (Wildman–Crippen LogP) is 4.34. The van der Waals surface area contributed by atoms with Crippen LogP contribution in [0, 0.1) is 0 Å². The van der Waals surface area contributed by atoms with Crippen molar-refractivity contribution in [1.29, 1.82) is 0 Å². The van der Waals surface area contributed by atoms with Gasteiger partial charge in [0.25, 0.3) is 5.91 Å². The number of anilines is 1. The third kappa shape index (κ3) is 9.44. The molecule has 0 saturated carbocycles. The van der Waals surface area contributed by atoms with Gasteiger partial charge in [-0.05, 0) is 66.3 Å². The number of nitrogens with two attached hydrogens (primary N) is 1. The van der Waals surface area contributed by atoms with Gasteiger partial charge in [-0.25, -0.2) is 4.79 Å². The standard InChI is InChI=1S/C34H35N3O6/c35-28(21-25-9-5-2-6-10-25)33(40)36-29-18-14-26(22-31(29)43-20-19-24-11-15-27(38)16-12-24)32(39)37-30(34(41)42)17-13-23-7-3-1-4-8-23/h1-12,14-16,18,22,28,30,38H,13,17,19-21,35H2,(H,36,40)(H,37,39)(H,41,42)/t28?,30-/m0/s1. The first-order chi connectivity index (χ1) is 20.8. The molecule has 2 amide bonds. The van der Waals surface area contributed by atoms with Gasteiger partial charge in [0, 0.05) is 12.0 Å². The predicted molar refractivity (Wildman–Crippen MR) is 164 cm³/mol. The minimum absolute atomic E-state index is 0.156. The quantitative estimate of drug-likeness (QED) is 0.149. The number of phenolic OH excluding ortho intramolecular Hbond substituents is 1. The Hall–Kier alpha value is -5.15. The fourth-order valence-corrected chi connectivity index (χ4v) is 4.47. The van der Waals surface area contributed by atoms with Crippen molar-refractivity contribution in [3.8, 4) is 11.5 Å². The highest BCUT2D eigenvalue weighted by molar-refractivity contribution is 6.00. The lowest BCUT2D eigenvalue weighted by molar-refractivity contribution is -0.139. The first-order valence-corrected chi connectivity index (χ1v) is 14.0. The number of aryl methyl sites for hydroxylation is 1. The summed E-state index contributed by atoms with van der Waals surface area (Å²) in [6, 6.07) is 28.2. The number of aliphatic carboxylic acids is 1. The number of hydrogen-bond donors (Lipinski definition) is 5. The van der Waals surface area contributed by atoms with Crippen LogP contribution >= 0.6 is 0 Å². The molecule has 0 aliphatic rings. The largest absolute Gasteiger partial charge is 0.508 e. The van der Waals surface area contributed by atoms with E-state index in [0.717, 1.165) is 16.7 Å². The Morgan fingerprint density at radius 3 is 2.07 bits per heavy atom. The van der Waals surface area contributed by atoms with E-state index < -0.39 is 29.9 Å². The van der Waals surface area contributed by atoms with Crippen LogP contribution in [-0.4, -0.2) is 46.7 Å². The Bertz CT molecular complexity index is 1510. The molecule has 2 atom stereocenters. The lowest BCUT2D eigenvalue weighted by atomic mass is 10.0. The molecule has 0 radical (unpaired) electrons. The van der Waals surface area contributed by atoms with Crippen molar-refractivity contribution in [3.05, 3.63) is 125 Å². The summed E-state index contributed by atoms with van der Waals surface area (Å²) in [5, 5.41) is 24.7. The summed E-state index contributed by atoms with van der Waals surface area (Å²) in [6.45, 7) is 0.212. The molecule has 6 N–H and O–H groups in total. The maximum atomic E-state index is 13.1. The molecular formula is C34H35N3O6. The smallest absolute Gasteiger partial charge is 0.326 e. The highest BCUT2D eigenvalue weighted by Crippen LogP contribution is 2.27. The van der Waals surface area contributed by atoms with E-state index >= 15 is 0 Å². The monoisotopic (exact) mass is 581 g/mol. The zero-order valence-electron chi connectivity index (χ0n) is 23.6. The molecule has 0 aliphatic heterocycles. The zero-order valence-corrected chi connectivity index (χ0v) is 23.6. The molecule has 0 aliphatic carbocycles. The maximum Gasteiger partial charge on any atom is 0.326 e. The van der Waals surface area contributed by atoms with E-state index in [-0.39, 0.29) is 30.1 Å². The van der Waals surface area contributed by atoms with Gasteiger partial charge >= 0.3 is 5.97 Å². The molecule has 222 valence electrons. The number of carbonyl (C=O) groups excluding carboxylic acids is 2. The van der Waals surface area contributed by atoms with Gasteiger partial charge in [-0.2, -0.15) is 0 Å². The Morgan fingerprint density at radius 1 is 0.791 bits per heavy atom. The first-order valence-electron chi connectivity index (χ1n) is 14.0. The number of nitrogens with one attached hydrogen (secondary N) is 2. The molecule has 9 heteroatoms. The molecule has 0 saturated heterocycles. The van der Waals surface area contributed by atoms with Crippen molar-refractivity contribution in [2.24, 2.45) is 5.73 Å². The van der Waals surface area contributed by atoms with Crippen molar-refractivity contribution in [2.45, 2.75) is 37.8 Å².